The van der Waals surface area contributed by atoms with Gasteiger partial charge in [-0.2, -0.15) is 0 Å². The molecule has 1 amide bonds. The zero-order valence-electron chi connectivity index (χ0n) is 15.7. The Bertz CT molecular complexity index is 701. The highest BCUT2D eigenvalue weighted by atomic mass is 16.4. The zero-order chi connectivity index (χ0) is 18.8. The molecule has 2 N–H and O–H groups in total. The second-order valence-corrected chi connectivity index (χ2v) is 8.06. The second kappa shape index (κ2) is 6.90. The van der Waals surface area contributed by atoms with Crippen LogP contribution in [0.2, 0.25) is 0 Å². The molecular formula is C20H28N2O3. The average Bonchev–Trinajstić information content (AvgIpc) is 2.49. The van der Waals surface area contributed by atoms with Gasteiger partial charge < -0.3 is 15.3 Å². The lowest BCUT2D eigenvalue weighted by atomic mass is 9.72. The summed E-state index contributed by atoms with van der Waals surface area (Å²) in [7, 11) is 3.73. The highest BCUT2D eigenvalue weighted by molar-refractivity contribution is 5.96. The van der Waals surface area contributed by atoms with Crippen LogP contribution in [-0.2, 0) is 15.7 Å². The van der Waals surface area contributed by atoms with Gasteiger partial charge in [0, 0.05) is 38.7 Å². The number of amides is 1. The molecule has 136 valence electrons. The summed E-state index contributed by atoms with van der Waals surface area (Å²) in [5.74, 6) is 0.0866. The van der Waals surface area contributed by atoms with Crippen LogP contribution in [0.4, 0.5) is 4.79 Å². The molecule has 0 aliphatic heterocycles. The van der Waals surface area contributed by atoms with Crippen LogP contribution in [0.25, 0.3) is 0 Å². The minimum absolute atomic E-state index is 0.0345. The summed E-state index contributed by atoms with van der Waals surface area (Å²) in [6.45, 7) is 6.39. The van der Waals surface area contributed by atoms with Crippen molar-refractivity contribution in [2.75, 3.05) is 14.1 Å². The lowest BCUT2D eigenvalue weighted by Crippen LogP contribution is -2.48. The molecule has 0 spiro atoms. The van der Waals surface area contributed by atoms with Crippen molar-refractivity contribution in [1.29, 1.82) is 0 Å². The molecule has 0 bridgehead atoms. The number of hydrogen-bond acceptors (Lipinski definition) is 3. The van der Waals surface area contributed by atoms with Gasteiger partial charge in [0.05, 0.1) is 5.54 Å². The summed E-state index contributed by atoms with van der Waals surface area (Å²) >= 11 is 0. The number of nitrogens with zero attached hydrogens (tertiary/aromatic N) is 1. The van der Waals surface area contributed by atoms with E-state index >= 15 is 0 Å². The second-order valence-electron chi connectivity index (χ2n) is 8.06. The summed E-state index contributed by atoms with van der Waals surface area (Å²) < 4.78 is 0. The Morgan fingerprint density at radius 2 is 2.00 bits per heavy atom. The van der Waals surface area contributed by atoms with Crippen molar-refractivity contribution in [3.8, 4) is 0 Å². The van der Waals surface area contributed by atoms with Crippen LogP contribution in [0.3, 0.4) is 0 Å². The molecule has 5 nitrogen and oxygen atoms in total. The van der Waals surface area contributed by atoms with Crippen molar-refractivity contribution in [3.63, 3.8) is 0 Å². The van der Waals surface area contributed by atoms with E-state index in [0.717, 1.165) is 11.1 Å². The number of carbonyl (C=O) groups is 2. The topological polar surface area (TPSA) is 69.6 Å². The first-order valence-corrected chi connectivity index (χ1v) is 8.56. The molecule has 0 heterocycles. The summed E-state index contributed by atoms with van der Waals surface area (Å²) in [6, 6.07) is 8.04. The Morgan fingerprint density at radius 3 is 2.56 bits per heavy atom. The van der Waals surface area contributed by atoms with E-state index in [2.05, 4.69) is 38.2 Å². The van der Waals surface area contributed by atoms with Crippen molar-refractivity contribution in [3.05, 3.63) is 47.2 Å². The Balaban J connectivity index is 2.52. The molecule has 1 aliphatic rings. The molecule has 1 unspecified atom stereocenters. The molecule has 1 fully saturated rings. The van der Waals surface area contributed by atoms with E-state index in [-0.39, 0.29) is 11.2 Å². The SMILES string of the molecule is CN(C)C=C1CC(NC(=O)O)(c2cccc(C(C)(C)C)c2)CCC1=O. The van der Waals surface area contributed by atoms with Gasteiger partial charge in [0.15, 0.2) is 5.78 Å². The van der Waals surface area contributed by atoms with Gasteiger partial charge in [0.2, 0.25) is 0 Å². The Morgan fingerprint density at radius 1 is 1.32 bits per heavy atom. The highest BCUT2D eigenvalue weighted by Crippen LogP contribution is 2.39. The van der Waals surface area contributed by atoms with Crippen LogP contribution in [0, 0.1) is 0 Å². The molecule has 1 saturated carbocycles. The van der Waals surface area contributed by atoms with E-state index < -0.39 is 11.6 Å². The van der Waals surface area contributed by atoms with Gasteiger partial charge in [-0.05, 0) is 23.0 Å². The van der Waals surface area contributed by atoms with Crippen LogP contribution in [0.1, 0.15) is 51.2 Å². The van der Waals surface area contributed by atoms with Gasteiger partial charge in [-0.1, -0.05) is 45.0 Å². The first-order valence-electron chi connectivity index (χ1n) is 8.56. The number of nitrogens with one attached hydrogen (secondary N) is 1. The number of benzene rings is 1. The largest absolute Gasteiger partial charge is 0.465 e. The van der Waals surface area contributed by atoms with Gasteiger partial charge >= 0.3 is 6.09 Å². The molecule has 0 aromatic heterocycles. The van der Waals surface area contributed by atoms with Gasteiger partial charge in [-0.25, -0.2) is 4.79 Å². The molecule has 2 rings (SSSR count). The van der Waals surface area contributed by atoms with Crippen molar-refractivity contribution in [2.24, 2.45) is 0 Å². The van der Waals surface area contributed by atoms with Gasteiger partial charge in [-0.15, -0.1) is 0 Å². The van der Waals surface area contributed by atoms with Crippen LogP contribution in [0.5, 0.6) is 0 Å². The van der Waals surface area contributed by atoms with Crippen LogP contribution >= 0.6 is 0 Å². The summed E-state index contributed by atoms with van der Waals surface area (Å²) in [5, 5.41) is 12.1. The van der Waals surface area contributed by atoms with Crippen LogP contribution < -0.4 is 5.32 Å². The fourth-order valence-electron chi connectivity index (χ4n) is 3.34. The zero-order valence-corrected chi connectivity index (χ0v) is 15.7. The van der Waals surface area contributed by atoms with E-state index in [0.29, 0.717) is 24.8 Å². The number of carbonyl (C=O) groups excluding carboxylic acids is 1. The maximum Gasteiger partial charge on any atom is 0.405 e. The predicted molar refractivity (Wildman–Crippen MR) is 98.6 cm³/mol. The first-order chi connectivity index (χ1) is 11.5. The quantitative estimate of drug-likeness (QED) is 0.821. The lowest BCUT2D eigenvalue weighted by Gasteiger charge is -2.39. The summed E-state index contributed by atoms with van der Waals surface area (Å²) in [5.41, 5.74) is 1.91. The molecule has 0 saturated heterocycles. The first kappa shape index (κ1) is 19.0. The minimum atomic E-state index is -1.07. The Kier molecular flexibility index (Phi) is 5.26. The fourth-order valence-corrected chi connectivity index (χ4v) is 3.34. The summed E-state index contributed by atoms with van der Waals surface area (Å²) in [6.07, 6.45) is 1.90. The molecule has 1 aromatic rings. The maximum absolute atomic E-state index is 12.3. The van der Waals surface area contributed by atoms with Gasteiger partial charge in [0.1, 0.15) is 0 Å². The highest BCUT2D eigenvalue weighted by Gasteiger charge is 2.40. The number of Topliss-reactive ketones (excluding diaryl/α,β-unsaturated/α-hetero) is 1. The van der Waals surface area contributed by atoms with E-state index in [1.165, 1.54) is 0 Å². The van der Waals surface area contributed by atoms with Crippen LogP contribution in [-0.4, -0.2) is 36.0 Å². The average molecular weight is 344 g/mol. The van der Waals surface area contributed by atoms with Crippen molar-refractivity contribution in [1.82, 2.24) is 10.2 Å². The molecular weight excluding hydrogens is 316 g/mol. The van der Waals surface area contributed by atoms with E-state index in [4.69, 9.17) is 0 Å². The lowest BCUT2D eigenvalue weighted by molar-refractivity contribution is -0.117. The molecule has 1 aliphatic carbocycles. The molecule has 0 radical (unpaired) electrons. The van der Waals surface area contributed by atoms with E-state index in [1.807, 2.05) is 31.1 Å². The van der Waals surface area contributed by atoms with Crippen molar-refractivity contribution < 1.29 is 14.7 Å². The predicted octanol–water partition coefficient (Wildman–Crippen LogP) is 3.65. The van der Waals surface area contributed by atoms with E-state index in [1.54, 1.807) is 6.20 Å². The molecule has 25 heavy (non-hydrogen) atoms. The smallest absolute Gasteiger partial charge is 0.405 e. The molecule has 1 aromatic carbocycles. The maximum atomic E-state index is 12.3. The standard InChI is InChI=1S/C20H28N2O3/c1-19(2,3)15-7-6-8-16(11-15)20(21-18(24)25)10-9-17(23)14(12-20)13-22(4)5/h6-8,11,13,21H,9-10,12H2,1-5H3,(H,24,25). The van der Waals surface area contributed by atoms with Crippen LogP contribution in [0.15, 0.2) is 36.0 Å². The molecule has 5 heteroatoms. The van der Waals surface area contributed by atoms with Crippen molar-refractivity contribution >= 4 is 11.9 Å². The normalized spacial score (nSPS) is 22.8. The fraction of sp³-hybridized carbons (Fsp3) is 0.500. The third kappa shape index (κ3) is 4.41. The Labute approximate surface area is 149 Å². The van der Waals surface area contributed by atoms with Crippen molar-refractivity contribution in [2.45, 2.75) is 51.0 Å². The number of rotatable bonds is 3. The monoisotopic (exact) mass is 344 g/mol. The number of ketones is 1. The van der Waals surface area contributed by atoms with Gasteiger partial charge in [0.25, 0.3) is 0 Å². The third-order valence-electron chi connectivity index (χ3n) is 4.67. The number of hydrogen-bond donors (Lipinski definition) is 2. The third-order valence-corrected chi connectivity index (χ3v) is 4.67. The minimum Gasteiger partial charge on any atom is -0.465 e. The Hall–Kier alpha value is -2.30. The molecule has 1 atom stereocenters. The van der Waals surface area contributed by atoms with Gasteiger partial charge in [-0.3, -0.25) is 4.79 Å². The summed E-state index contributed by atoms with van der Waals surface area (Å²) in [4.78, 5) is 25.6. The van der Waals surface area contributed by atoms with E-state index in [9.17, 15) is 14.7 Å². The number of carboxylic acid groups (broad SMARTS) is 1.